The Hall–Kier alpha value is -6.83. The molecule has 1 aliphatic rings. The molecule has 4 rings (SSSR count). The smallest absolute Gasteiger partial charge is 0.408 e. The summed E-state index contributed by atoms with van der Waals surface area (Å²) in [6.07, 6.45) is 5.46. The van der Waals surface area contributed by atoms with Crippen molar-refractivity contribution in [1.82, 2.24) is 36.1 Å². The van der Waals surface area contributed by atoms with Gasteiger partial charge in [-0.05, 0) is 63.1 Å². The Morgan fingerprint density at radius 2 is 1.62 bits per heavy atom. The van der Waals surface area contributed by atoms with Gasteiger partial charge in [-0.25, -0.2) is 9.78 Å². The molecule has 2 heterocycles. The minimum atomic E-state index is -1.19. The predicted octanol–water partition coefficient (Wildman–Crippen LogP) is 0.291. The maximum Gasteiger partial charge on any atom is 0.408 e. The molecule has 0 saturated carbocycles. The molecule has 1 radical (unpaired) electrons. The van der Waals surface area contributed by atoms with Crippen molar-refractivity contribution >= 4 is 53.5 Å². The van der Waals surface area contributed by atoms with Crippen molar-refractivity contribution in [2.24, 2.45) is 17.2 Å². The van der Waals surface area contributed by atoms with Crippen LogP contribution in [0.1, 0.15) is 67.1 Å². The Labute approximate surface area is 347 Å². The van der Waals surface area contributed by atoms with E-state index in [9.17, 15) is 28.8 Å². The van der Waals surface area contributed by atoms with E-state index in [4.69, 9.17) is 32.8 Å². The molecule has 0 aliphatic carbocycles. The molecule has 1 aromatic heterocycles. The van der Waals surface area contributed by atoms with Gasteiger partial charge in [0.25, 0.3) is 0 Å². The summed E-state index contributed by atoms with van der Waals surface area (Å²) >= 11 is 0. The molecule has 20 heteroatoms. The molecule has 5 atom stereocenters. The van der Waals surface area contributed by atoms with Crippen molar-refractivity contribution < 1.29 is 33.5 Å². The van der Waals surface area contributed by atoms with Gasteiger partial charge in [-0.2, -0.15) is 0 Å². The number of ketones is 1. The Bertz CT molecular complexity index is 1940. The van der Waals surface area contributed by atoms with Crippen LogP contribution >= 0.6 is 0 Å². The van der Waals surface area contributed by atoms with Crippen molar-refractivity contribution in [2.75, 3.05) is 24.5 Å². The van der Waals surface area contributed by atoms with Gasteiger partial charge in [-0.1, -0.05) is 42.5 Å². The quantitative estimate of drug-likeness (QED) is 0.0282. The number of ether oxygens (including phenoxy) is 1. The summed E-state index contributed by atoms with van der Waals surface area (Å²) in [6.45, 7) is 2.00. The maximum absolute atomic E-state index is 14.6. The molecule has 13 N–H and O–H groups in total. The van der Waals surface area contributed by atoms with E-state index in [1.54, 1.807) is 42.6 Å². The average molecular weight is 829 g/mol. The number of guanidine groups is 2. The minimum absolute atomic E-state index is 0.0181. The van der Waals surface area contributed by atoms with Gasteiger partial charge >= 0.3 is 6.09 Å². The second-order valence-corrected chi connectivity index (χ2v) is 14.3. The van der Waals surface area contributed by atoms with Crippen molar-refractivity contribution in [1.29, 1.82) is 10.8 Å². The Kier molecular flexibility index (Phi) is 17.5. The molecule has 2 aromatic carbocycles. The Morgan fingerprint density at radius 1 is 0.967 bits per heavy atom. The Morgan fingerprint density at radius 3 is 2.23 bits per heavy atom. The third-order valence-electron chi connectivity index (χ3n) is 9.71. The summed E-state index contributed by atoms with van der Waals surface area (Å²) in [6, 6.07) is 9.59. The number of Topliss-reactive ketones (excluding diaryl/α,β-unsaturated/α-hetero) is 1. The number of para-hydroxylation sites is 1. The lowest BCUT2D eigenvalue weighted by Crippen LogP contribution is -2.56. The number of aromatic nitrogens is 2. The lowest BCUT2D eigenvalue weighted by molar-refractivity contribution is -0.137. The standard InChI is InChI=1S/C40H54N13O7/c1-25(41)36(57)53(28(22-54)20-27-21-46-24-49-27)32-15-6-5-12-29(32)34(55)33-16-9-19-52(33)37(58)31(14-8-18-48-39(44)45)50-35(56)30(13-7-17-47-38(42)43)51-40(59)60-23-26-10-3-2-4-11-26/h2-6,10-12,15,21,24-25,28,30-31,33H,7-9,13-14,16-20,23,41H2,1H3,(H,46,49)(H,50,56)(H,51,59)(H4,42,43,47)(H4,44,45,48)/t25-,28-,30-,31-,33-/m0/s1. The SMILES string of the molecule is C[C@H](N)C(=O)N(c1ccccc1C(=O)[C@@H]1CCCN1C(=O)[C@H](CCCNC(=N)N)NC(=O)[C@H](CCCNC(=N)N)NC(=O)OCc1ccccc1)[C@H]([C]=O)Cc1c[nH]cn1. The van der Waals surface area contributed by atoms with Gasteiger partial charge in [0.15, 0.2) is 17.7 Å². The highest BCUT2D eigenvalue weighted by molar-refractivity contribution is 6.11. The lowest BCUT2D eigenvalue weighted by Gasteiger charge is -2.33. The second-order valence-electron chi connectivity index (χ2n) is 14.3. The van der Waals surface area contributed by atoms with Crippen molar-refractivity contribution in [3.63, 3.8) is 0 Å². The number of hydrogen-bond acceptors (Lipinski definition) is 11. The highest BCUT2D eigenvalue weighted by Crippen LogP contribution is 2.30. The largest absolute Gasteiger partial charge is 0.445 e. The molecule has 20 nitrogen and oxygen atoms in total. The highest BCUT2D eigenvalue weighted by atomic mass is 16.5. The van der Waals surface area contributed by atoms with Crippen molar-refractivity contribution in [2.45, 2.75) is 88.7 Å². The third-order valence-corrected chi connectivity index (χ3v) is 9.71. The van der Waals surface area contributed by atoms with E-state index in [0.717, 1.165) is 10.5 Å². The fourth-order valence-electron chi connectivity index (χ4n) is 6.78. The average Bonchev–Trinajstić information content (AvgIpc) is 3.95. The first-order chi connectivity index (χ1) is 28.8. The van der Waals surface area contributed by atoms with Gasteiger partial charge < -0.3 is 53.1 Å². The summed E-state index contributed by atoms with van der Waals surface area (Å²) < 4.78 is 5.36. The van der Waals surface area contributed by atoms with Crippen LogP contribution in [-0.4, -0.2) is 113 Å². The Balaban J connectivity index is 1.60. The third kappa shape index (κ3) is 13.4. The molecule has 60 heavy (non-hydrogen) atoms. The van der Waals surface area contributed by atoms with Crippen LogP contribution < -0.4 is 43.4 Å². The zero-order valence-electron chi connectivity index (χ0n) is 33.4. The number of benzene rings is 2. The number of carbonyl (C=O) groups excluding carboxylic acids is 6. The van der Waals surface area contributed by atoms with Crippen LogP contribution in [0.25, 0.3) is 0 Å². The van der Waals surface area contributed by atoms with E-state index in [2.05, 4.69) is 31.2 Å². The summed E-state index contributed by atoms with van der Waals surface area (Å²) in [7, 11) is 0. The van der Waals surface area contributed by atoms with Crippen LogP contribution in [0.15, 0.2) is 67.1 Å². The summed E-state index contributed by atoms with van der Waals surface area (Å²) in [5.74, 6) is -2.94. The summed E-state index contributed by atoms with van der Waals surface area (Å²) in [5.41, 5.74) is 18.3. The van der Waals surface area contributed by atoms with E-state index in [1.807, 2.05) is 12.4 Å². The summed E-state index contributed by atoms with van der Waals surface area (Å²) in [5, 5.41) is 25.7. The van der Waals surface area contributed by atoms with Gasteiger partial charge in [-0.3, -0.25) is 39.7 Å². The van der Waals surface area contributed by atoms with E-state index in [-0.39, 0.29) is 81.5 Å². The number of carbonyl (C=O) groups is 5. The summed E-state index contributed by atoms with van der Waals surface area (Å²) in [4.78, 5) is 91.6. The zero-order chi connectivity index (χ0) is 43.6. The van der Waals surface area contributed by atoms with Crippen LogP contribution in [0.2, 0.25) is 0 Å². The number of amides is 4. The number of anilines is 1. The molecule has 1 aliphatic heterocycles. The molecule has 1 fully saturated rings. The second kappa shape index (κ2) is 22.9. The van der Waals surface area contributed by atoms with Crippen LogP contribution in [0.3, 0.4) is 0 Å². The number of imidazole rings is 1. The normalized spacial score (nSPS) is 15.4. The fraction of sp³-hybridized carbons (Fsp3) is 0.425. The number of H-pyrrole nitrogens is 1. The van der Waals surface area contributed by atoms with E-state index >= 15 is 0 Å². The number of likely N-dealkylation sites (tertiary alicyclic amines) is 1. The molecule has 4 amide bonds. The van der Waals surface area contributed by atoms with Crippen LogP contribution in [0, 0.1) is 10.8 Å². The monoisotopic (exact) mass is 828 g/mol. The topological polar surface area (TPSA) is 321 Å². The molecular weight excluding hydrogens is 775 g/mol. The minimum Gasteiger partial charge on any atom is -0.445 e. The van der Waals surface area contributed by atoms with Gasteiger partial charge in [0, 0.05) is 37.8 Å². The molecule has 3 aromatic rings. The zero-order valence-corrected chi connectivity index (χ0v) is 33.4. The number of aromatic amines is 1. The highest BCUT2D eigenvalue weighted by Gasteiger charge is 2.40. The van der Waals surface area contributed by atoms with Gasteiger partial charge in [-0.15, -0.1) is 0 Å². The lowest BCUT2D eigenvalue weighted by atomic mass is 9.97. The van der Waals surface area contributed by atoms with Gasteiger partial charge in [0.05, 0.1) is 29.8 Å². The number of rotatable bonds is 22. The number of alkyl carbamates (subject to hydrolysis) is 1. The first-order valence-corrected chi connectivity index (χ1v) is 19.6. The first kappa shape index (κ1) is 45.9. The van der Waals surface area contributed by atoms with E-state index in [1.165, 1.54) is 30.3 Å². The first-order valence-electron chi connectivity index (χ1n) is 19.6. The van der Waals surface area contributed by atoms with E-state index < -0.39 is 59.8 Å². The molecular formula is C40H54N13O7. The predicted molar refractivity (Wildman–Crippen MR) is 222 cm³/mol. The van der Waals surface area contributed by atoms with Crippen LogP contribution in [0.4, 0.5) is 10.5 Å². The number of nitrogens with one attached hydrogen (secondary N) is 7. The molecule has 0 unspecified atom stereocenters. The maximum atomic E-state index is 14.6. The van der Waals surface area contributed by atoms with Gasteiger partial charge in [0.1, 0.15) is 24.7 Å². The fourth-order valence-corrected chi connectivity index (χ4v) is 6.78. The van der Waals surface area contributed by atoms with E-state index in [0.29, 0.717) is 18.5 Å². The van der Waals surface area contributed by atoms with Crippen LogP contribution in [0.5, 0.6) is 0 Å². The van der Waals surface area contributed by atoms with Crippen LogP contribution in [-0.2, 0) is 36.9 Å². The van der Waals surface area contributed by atoms with Crippen molar-refractivity contribution in [3.05, 3.63) is 83.9 Å². The molecule has 0 bridgehead atoms. The number of hydrogen-bond donors (Lipinski definition) is 10. The molecule has 0 spiro atoms. The molecule has 1 saturated heterocycles. The number of nitrogens with zero attached hydrogens (tertiary/aromatic N) is 3. The van der Waals surface area contributed by atoms with Crippen molar-refractivity contribution in [3.8, 4) is 0 Å². The van der Waals surface area contributed by atoms with Gasteiger partial charge in [0.2, 0.25) is 24.0 Å². The number of nitrogens with two attached hydrogens (primary N) is 3. The molecule has 321 valence electrons.